The molecule has 5 nitrogen and oxygen atoms in total. The molecule has 0 aliphatic heterocycles. The minimum Gasteiger partial charge on any atom is -0.493 e. The summed E-state index contributed by atoms with van der Waals surface area (Å²) in [6.07, 6.45) is 3.59. The van der Waals surface area contributed by atoms with Crippen LogP contribution < -0.4 is 16.0 Å². The van der Waals surface area contributed by atoms with Crippen LogP contribution in [0.1, 0.15) is 36.2 Å². The van der Waals surface area contributed by atoms with Crippen molar-refractivity contribution in [2.24, 2.45) is 5.84 Å². The molecule has 1 aromatic carbocycles. The molecule has 21 heavy (non-hydrogen) atoms. The number of nitrogens with zero attached hydrogens (tertiary/aromatic N) is 2. The zero-order valence-electron chi connectivity index (χ0n) is 13.0. The molecule has 0 amide bonds. The third-order valence-corrected chi connectivity index (χ3v) is 3.74. The van der Waals surface area contributed by atoms with Crippen LogP contribution in [-0.2, 0) is 13.0 Å². The molecule has 0 saturated heterocycles. The van der Waals surface area contributed by atoms with E-state index >= 15 is 0 Å². The Bertz CT molecular complexity index is 541. The van der Waals surface area contributed by atoms with E-state index in [-0.39, 0.29) is 6.04 Å². The Balaban J connectivity index is 2.12. The molecule has 1 heterocycles. The highest BCUT2D eigenvalue weighted by molar-refractivity contribution is 5.29. The number of aromatic nitrogens is 2. The van der Waals surface area contributed by atoms with Crippen LogP contribution in [-0.4, -0.2) is 16.9 Å². The molecule has 2 rings (SSSR count). The van der Waals surface area contributed by atoms with Gasteiger partial charge in [-0.25, -0.2) is 0 Å². The quantitative estimate of drug-likeness (QED) is 0.606. The van der Waals surface area contributed by atoms with Crippen molar-refractivity contribution in [1.82, 2.24) is 15.2 Å². The summed E-state index contributed by atoms with van der Waals surface area (Å²) >= 11 is 0. The van der Waals surface area contributed by atoms with Crippen molar-refractivity contribution in [3.8, 4) is 5.75 Å². The molecular formula is C16H24N4O. The van der Waals surface area contributed by atoms with E-state index in [1.54, 1.807) is 13.3 Å². The average Bonchev–Trinajstić information content (AvgIpc) is 2.93. The van der Waals surface area contributed by atoms with Gasteiger partial charge < -0.3 is 4.74 Å². The highest BCUT2D eigenvalue weighted by atomic mass is 16.5. The molecule has 0 fully saturated rings. The van der Waals surface area contributed by atoms with E-state index in [1.165, 1.54) is 11.1 Å². The largest absolute Gasteiger partial charge is 0.493 e. The second-order valence-corrected chi connectivity index (χ2v) is 5.16. The molecular weight excluding hydrogens is 264 g/mol. The van der Waals surface area contributed by atoms with E-state index in [4.69, 9.17) is 10.6 Å². The van der Waals surface area contributed by atoms with Crippen molar-refractivity contribution in [2.45, 2.75) is 39.3 Å². The van der Waals surface area contributed by atoms with Crippen LogP contribution in [0.5, 0.6) is 5.75 Å². The minimum atomic E-state index is 0.0173. The standard InChI is InChI=1S/C16H24N4O/c1-4-20-16(15(21-3)11-18-20)14(19-17)10-9-13-7-5-12(2)6-8-13/h5-8,11,14,19H,4,9-10,17H2,1-3H3. The SMILES string of the molecule is CCn1ncc(OC)c1C(CCc1ccc(C)cc1)NN. The van der Waals surface area contributed by atoms with E-state index in [0.29, 0.717) is 0 Å². The summed E-state index contributed by atoms with van der Waals surface area (Å²) in [7, 11) is 1.66. The van der Waals surface area contributed by atoms with Gasteiger partial charge in [-0.15, -0.1) is 0 Å². The van der Waals surface area contributed by atoms with Crippen LogP contribution in [0.25, 0.3) is 0 Å². The Hall–Kier alpha value is -1.85. The van der Waals surface area contributed by atoms with Gasteiger partial charge in [0, 0.05) is 6.54 Å². The van der Waals surface area contributed by atoms with Gasteiger partial charge >= 0.3 is 0 Å². The lowest BCUT2D eigenvalue weighted by Gasteiger charge is -2.18. The number of rotatable bonds is 7. The van der Waals surface area contributed by atoms with Crippen LogP contribution in [0.15, 0.2) is 30.5 Å². The number of nitrogens with one attached hydrogen (secondary N) is 1. The topological polar surface area (TPSA) is 65.1 Å². The Labute approximate surface area is 126 Å². The zero-order chi connectivity index (χ0) is 15.2. The molecule has 1 unspecified atom stereocenters. The van der Waals surface area contributed by atoms with E-state index in [1.807, 2.05) is 4.68 Å². The number of hydrogen-bond donors (Lipinski definition) is 2. The fourth-order valence-corrected chi connectivity index (χ4v) is 2.50. The summed E-state index contributed by atoms with van der Waals surface area (Å²) in [6.45, 7) is 4.95. The molecule has 0 aliphatic rings. The molecule has 1 atom stereocenters. The second-order valence-electron chi connectivity index (χ2n) is 5.16. The summed E-state index contributed by atoms with van der Waals surface area (Å²) in [6, 6.07) is 8.62. The Morgan fingerprint density at radius 2 is 2.05 bits per heavy atom. The highest BCUT2D eigenvalue weighted by Gasteiger charge is 2.20. The first-order valence-electron chi connectivity index (χ1n) is 7.31. The number of ether oxygens (including phenoxy) is 1. The summed E-state index contributed by atoms with van der Waals surface area (Å²) in [5, 5.41) is 4.34. The Morgan fingerprint density at radius 1 is 1.33 bits per heavy atom. The lowest BCUT2D eigenvalue weighted by Crippen LogP contribution is -2.30. The number of nitrogens with two attached hydrogens (primary N) is 1. The predicted octanol–water partition coefficient (Wildman–Crippen LogP) is 2.36. The predicted molar refractivity (Wildman–Crippen MR) is 84.0 cm³/mol. The summed E-state index contributed by atoms with van der Waals surface area (Å²) in [5.74, 6) is 6.53. The van der Waals surface area contributed by atoms with Gasteiger partial charge in [0.15, 0.2) is 5.75 Å². The van der Waals surface area contributed by atoms with Crippen LogP contribution in [0.4, 0.5) is 0 Å². The molecule has 0 saturated carbocycles. The summed E-state index contributed by atoms with van der Waals surface area (Å²) in [4.78, 5) is 0. The maximum absolute atomic E-state index is 5.75. The maximum atomic E-state index is 5.75. The van der Waals surface area contributed by atoms with Gasteiger partial charge in [0.1, 0.15) is 0 Å². The third-order valence-electron chi connectivity index (χ3n) is 3.74. The maximum Gasteiger partial charge on any atom is 0.161 e. The van der Waals surface area contributed by atoms with E-state index < -0.39 is 0 Å². The molecule has 0 bridgehead atoms. The first kappa shape index (κ1) is 15.5. The van der Waals surface area contributed by atoms with Gasteiger partial charge in [-0.1, -0.05) is 29.8 Å². The summed E-state index contributed by atoms with van der Waals surface area (Å²) < 4.78 is 7.33. The summed E-state index contributed by atoms with van der Waals surface area (Å²) in [5.41, 5.74) is 6.49. The molecule has 3 N–H and O–H groups in total. The molecule has 1 aromatic heterocycles. The molecule has 0 spiro atoms. The molecule has 0 aliphatic carbocycles. The first-order chi connectivity index (χ1) is 10.2. The number of benzene rings is 1. The fourth-order valence-electron chi connectivity index (χ4n) is 2.50. The lowest BCUT2D eigenvalue weighted by molar-refractivity contribution is 0.386. The smallest absolute Gasteiger partial charge is 0.161 e. The number of hydrogen-bond acceptors (Lipinski definition) is 4. The second kappa shape index (κ2) is 7.24. The van der Waals surface area contributed by atoms with Crippen molar-refractivity contribution >= 4 is 0 Å². The van der Waals surface area contributed by atoms with Crippen molar-refractivity contribution in [3.05, 3.63) is 47.3 Å². The third kappa shape index (κ3) is 3.62. The van der Waals surface area contributed by atoms with Gasteiger partial charge in [-0.2, -0.15) is 5.10 Å². The Kier molecular flexibility index (Phi) is 5.36. The van der Waals surface area contributed by atoms with Gasteiger partial charge in [0.25, 0.3) is 0 Å². The van der Waals surface area contributed by atoms with Crippen LogP contribution in [0, 0.1) is 6.92 Å². The number of methoxy groups -OCH3 is 1. The molecule has 0 radical (unpaired) electrons. The van der Waals surface area contributed by atoms with Crippen molar-refractivity contribution in [1.29, 1.82) is 0 Å². The van der Waals surface area contributed by atoms with Crippen molar-refractivity contribution < 1.29 is 4.74 Å². The van der Waals surface area contributed by atoms with Crippen LogP contribution in [0.2, 0.25) is 0 Å². The fraction of sp³-hybridized carbons (Fsp3) is 0.438. The van der Waals surface area contributed by atoms with E-state index in [9.17, 15) is 0 Å². The van der Waals surface area contributed by atoms with Gasteiger partial charge in [0.2, 0.25) is 0 Å². The minimum absolute atomic E-state index is 0.0173. The van der Waals surface area contributed by atoms with E-state index in [0.717, 1.165) is 30.8 Å². The van der Waals surface area contributed by atoms with Crippen LogP contribution in [0.3, 0.4) is 0 Å². The average molecular weight is 288 g/mol. The van der Waals surface area contributed by atoms with Crippen molar-refractivity contribution in [3.63, 3.8) is 0 Å². The number of hydrazine groups is 1. The van der Waals surface area contributed by atoms with Gasteiger partial charge in [-0.05, 0) is 32.3 Å². The Morgan fingerprint density at radius 3 is 2.62 bits per heavy atom. The zero-order valence-corrected chi connectivity index (χ0v) is 13.0. The van der Waals surface area contributed by atoms with Crippen molar-refractivity contribution in [2.75, 3.05) is 7.11 Å². The highest BCUT2D eigenvalue weighted by Crippen LogP contribution is 2.27. The molecule has 2 aromatic rings. The first-order valence-corrected chi connectivity index (χ1v) is 7.31. The van der Waals surface area contributed by atoms with Crippen LogP contribution >= 0.6 is 0 Å². The van der Waals surface area contributed by atoms with Gasteiger partial charge in [0.05, 0.1) is 25.0 Å². The lowest BCUT2D eigenvalue weighted by atomic mass is 10.0. The van der Waals surface area contributed by atoms with Gasteiger partial charge in [-0.3, -0.25) is 16.0 Å². The molecule has 114 valence electrons. The normalized spacial score (nSPS) is 12.4. The number of aryl methyl sites for hydroxylation is 3. The van der Waals surface area contributed by atoms with E-state index in [2.05, 4.69) is 48.6 Å². The molecule has 5 heteroatoms. The monoisotopic (exact) mass is 288 g/mol.